The number of rotatable bonds is 9. The number of carbonyl (C=O) groups excluding carboxylic acids is 1. The molecule has 9 heteroatoms. The molecule has 2 aromatic heterocycles. The van der Waals surface area contributed by atoms with Crippen molar-refractivity contribution in [3.8, 4) is 17.2 Å². The maximum atomic E-state index is 13.6. The molecular weight excluding hydrogens is 514 g/mol. The number of para-hydroxylation sites is 1. The summed E-state index contributed by atoms with van der Waals surface area (Å²) < 4.78 is 7.28. The van der Waals surface area contributed by atoms with Gasteiger partial charge in [-0.25, -0.2) is 0 Å². The molecule has 2 N–H and O–H groups in total. The molecular formula is C30H24ClN5O3. The highest BCUT2D eigenvalue weighted by Crippen LogP contribution is 2.29. The summed E-state index contributed by atoms with van der Waals surface area (Å²) in [7, 11) is 0. The smallest absolute Gasteiger partial charge is 0.299 e. The van der Waals surface area contributed by atoms with E-state index in [0.717, 1.165) is 5.69 Å². The average molecular weight is 538 g/mol. The molecule has 0 bridgehead atoms. The van der Waals surface area contributed by atoms with E-state index < -0.39 is 5.56 Å². The summed E-state index contributed by atoms with van der Waals surface area (Å²) in [5.41, 5.74) is 2.22. The Morgan fingerprint density at radius 2 is 1.72 bits per heavy atom. The molecule has 8 nitrogen and oxygen atoms in total. The molecule has 0 aliphatic carbocycles. The van der Waals surface area contributed by atoms with Crippen LogP contribution in [0.15, 0.2) is 114 Å². The van der Waals surface area contributed by atoms with Crippen LogP contribution in [0.4, 0.5) is 11.4 Å². The predicted octanol–water partition coefficient (Wildman–Crippen LogP) is 5.79. The molecule has 0 unspecified atom stereocenters. The summed E-state index contributed by atoms with van der Waals surface area (Å²) in [5, 5.41) is 10.9. The molecule has 3 aromatic carbocycles. The molecule has 0 aliphatic heterocycles. The van der Waals surface area contributed by atoms with Crippen molar-refractivity contribution in [2.75, 3.05) is 11.9 Å². The van der Waals surface area contributed by atoms with E-state index in [2.05, 4.69) is 20.7 Å². The Bertz CT molecular complexity index is 1620. The minimum absolute atomic E-state index is 0.163. The van der Waals surface area contributed by atoms with Crippen LogP contribution < -0.4 is 20.9 Å². The Hall–Kier alpha value is -4.95. The van der Waals surface area contributed by atoms with Gasteiger partial charge in [0, 0.05) is 41.1 Å². The zero-order valence-corrected chi connectivity index (χ0v) is 21.5. The van der Waals surface area contributed by atoms with Gasteiger partial charge in [-0.2, -0.15) is 9.78 Å². The van der Waals surface area contributed by atoms with Gasteiger partial charge in [-0.15, -0.1) is 0 Å². The third-order valence-corrected chi connectivity index (χ3v) is 6.02. The van der Waals surface area contributed by atoms with Gasteiger partial charge in [-0.1, -0.05) is 41.9 Å². The van der Waals surface area contributed by atoms with E-state index in [9.17, 15) is 9.59 Å². The molecule has 0 radical (unpaired) electrons. The Labute approximate surface area is 229 Å². The van der Waals surface area contributed by atoms with Gasteiger partial charge in [0.1, 0.15) is 5.75 Å². The highest BCUT2D eigenvalue weighted by Gasteiger charge is 2.16. The largest absolute Gasteiger partial charge is 0.453 e. The summed E-state index contributed by atoms with van der Waals surface area (Å²) in [6, 6.07) is 28.4. The highest BCUT2D eigenvalue weighted by atomic mass is 35.5. The second kappa shape index (κ2) is 12.1. The maximum Gasteiger partial charge on any atom is 0.299 e. The highest BCUT2D eigenvalue weighted by molar-refractivity contribution is 6.30. The van der Waals surface area contributed by atoms with Crippen LogP contribution in [-0.2, 0) is 6.42 Å². The van der Waals surface area contributed by atoms with Gasteiger partial charge in [0.2, 0.25) is 0 Å². The lowest BCUT2D eigenvalue weighted by Crippen LogP contribution is -2.26. The van der Waals surface area contributed by atoms with Crippen molar-refractivity contribution in [2.45, 2.75) is 6.42 Å². The van der Waals surface area contributed by atoms with Gasteiger partial charge in [0.05, 0.1) is 11.9 Å². The number of anilines is 2. The summed E-state index contributed by atoms with van der Waals surface area (Å²) in [4.78, 5) is 30.7. The molecule has 194 valence electrons. The molecule has 0 atom stereocenters. The number of pyridine rings is 1. The van der Waals surface area contributed by atoms with Gasteiger partial charge in [0.25, 0.3) is 11.5 Å². The van der Waals surface area contributed by atoms with Crippen LogP contribution in [0.2, 0.25) is 5.02 Å². The first-order valence-corrected chi connectivity index (χ1v) is 12.6. The lowest BCUT2D eigenvalue weighted by atomic mass is 10.1. The van der Waals surface area contributed by atoms with Crippen LogP contribution in [-0.4, -0.2) is 27.2 Å². The van der Waals surface area contributed by atoms with Crippen molar-refractivity contribution >= 4 is 28.9 Å². The van der Waals surface area contributed by atoms with Gasteiger partial charge in [-0.3, -0.25) is 14.6 Å². The number of halogens is 1. The quantitative estimate of drug-likeness (QED) is 0.247. The third-order valence-electron chi connectivity index (χ3n) is 5.77. The second-order valence-electron chi connectivity index (χ2n) is 8.53. The minimum atomic E-state index is -0.419. The van der Waals surface area contributed by atoms with E-state index >= 15 is 0 Å². The van der Waals surface area contributed by atoms with Crippen LogP contribution in [0.1, 0.15) is 16.1 Å². The Kier molecular flexibility index (Phi) is 7.95. The van der Waals surface area contributed by atoms with Gasteiger partial charge >= 0.3 is 0 Å². The summed E-state index contributed by atoms with van der Waals surface area (Å²) in [5.74, 6) is 0.477. The molecule has 5 rings (SSSR count). The molecule has 2 heterocycles. The molecule has 1 amide bonds. The van der Waals surface area contributed by atoms with Crippen molar-refractivity contribution in [1.82, 2.24) is 20.1 Å². The van der Waals surface area contributed by atoms with Crippen molar-refractivity contribution in [1.29, 1.82) is 0 Å². The zero-order valence-electron chi connectivity index (χ0n) is 20.8. The number of benzene rings is 3. The van der Waals surface area contributed by atoms with E-state index in [-0.39, 0.29) is 17.3 Å². The second-order valence-corrected chi connectivity index (χ2v) is 8.96. The minimum Gasteiger partial charge on any atom is -0.453 e. The Morgan fingerprint density at radius 1 is 0.923 bits per heavy atom. The average Bonchev–Trinajstić information content (AvgIpc) is 2.97. The monoisotopic (exact) mass is 537 g/mol. The van der Waals surface area contributed by atoms with Crippen LogP contribution >= 0.6 is 11.6 Å². The number of carbonyl (C=O) groups is 1. The van der Waals surface area contributed by atoms with Crippen LogP contribution in [0.25, 0.3) is 5.69 Å². The Balaban J connectivity index is 1.41. The normalized spacial score (nSPS) is 10.6. The molecule has 0 fully saturated rings. The SMILES string of the molecule is O=C(NCCc1ccccn1)c1cccc(Nc2c(Oc3ccc(Cl)cc3)cnn(-c3ccccc3)c2=O)c1. The lowest BCUT2D eigenvalue weighted by molar-refractivity contribution is 0.0954. The summed E-state index contributed by atoms with van der Waals surface area (Å²) >= 11 is 6.00. The van der Waals surface area contributed by atoms with E-state index in [1.165, 1.54) is 10.9 Å². The number of nitrogens with zero attached hydrogens (tertiary/aromatic N) is 3. The first-order chi connectivity index (χ1) is 19.1. The molecule has 0 saturated heterocycles. The Morgan fingerprint density at radius 3 is 2.49 bits per heavy atom. The van der Waals surface area contributed by atoms with Gasteiger partial charge in [-0.05, 0) is 66.7 Å². The number of aromatic nitrogens is 3. The molecule has 0 spiro atoms. The zero-order chi connectivity index (χ0) is 27.0. The number of hydrogen-bond donors (Lipinski definition) is 2. The van der Waals surface area contributed by atoms with E-state index in [0.29, 0.717) is 40.7 Å². The van der Waals surface area contributed by atoms with Crippen molar-refractivity contribution in [3.05, 3.63) is 136 Å². The van der Waals surface area contributed by atoms with Crippen molar-refractivity contribution in [3.63, 3.8) is 0 Å². The van der Waals surface area contributed by atoms with Crippen molar-refractivity contribution in [2.24, 2.45) is 0 Å². The molecule has 5 aromatic rings. The van der Waals surface area contributed by atoms with Crippen LogP contribution in [0.3, 0.4) is 0 Å². The third kappa shape index (κ3) is 6.49. The fraction of sp³-hybridized carbons (Fsp3) is 0.0667. The number of amides is 1. The maximum absolute atomic E-state index is 13.6. The molecule has 0 saturated carbocycles. The first kappa shape index (κ1) is 25.7. The molecule has 39 heavy (non-hydrogen) atoms. The van der Waals surface area contributed by atoms with Crippen LogP contribution in [0, 0.1) is 0 Å². The topological polar surface area (TPSA) is 98.1 Å². The van der Waals surface area contributed by atoms with E-state index in [1.54, 1.807) is 66.9 Å². The van der Waals surface area contributed by atoms with E-state index in [4.69, 9.17) is 16.3 Å². The van der Waals surface area contributed by atoms with E-state index in [1.807, 2.05) is 36.4 Å². The van der Waals surface area contributed by atoms with Gasteiger partial charge < -0.3 is 15.4 Å². The van der Waals surface area contributed by atoms with Gasteiger partial charge in [0.15, 0.2) is 11.4 Å². The first-order valence-electron chi connectivity index (χ1n) is 12.2. The number of ether oxygens (including phenoxy) is 1. The van der Waals surface area contributed by atoms with Crippen molar-refractivity contribution < 1.29 is 9.53 Å². The van der Waals surface area contributed by atoms with Crippen LogP contribution in [0.5, 0.6) is 11.5 Å². The standard InChI is InChI=1S/C30H24ClN5O3/c31-22-12-14-26(15-13-22)39-27-20-34-36(25-10-2-1-3-11-25)30(38)28(27)35-24-9-6-7-21(19-24)29(37)33-18-16-23-8-4-5-17-32-23/h1-15,17,19-20,35H,16,18H2,(H,33,37). The lowest BCUT2D eigenvalue weighted by Gasteiger charge is -2.15. The summed E-state index contributed by atoms with van der Waals surface area (Å²) in [6.07, 6.45) is 3.81. The predicted molar refractivity (Wildman–Crippen MR) is 151 cm³/mol. The fourth-order valence-corrected chi connectivity index (χ4v) is 3.97. The number of hydrogen-bond acceptors (Lipinski definition) is 6. The molecule has 0 aliphatic rings. The number of nitrogens with one attached hydrogen (secondary N) is 2. The summed E-state index contributed by atoms with van der Waals surface area (Å²) in [6.45, 7) is 0.443. The fourth-order valence-electron chi connectivity index (χ4n) is 3.85.